The van der Waals surface area contributed by atoms with Crippen LogP contribution in [0.25, 0.3) is 5.69 Å². The van der Waals surface area contributed by atoms with Gasteiger partial charge in [0.05, 0.1) is 0 Å². The highest BCUT2D eigenvalue weighted by Crippen LogP contribution is 2.32. The number of halogens is 1. The molecule has 1 aliphatic rings. The van der Waals surface area contributed by atoms with E-state index in [0.29, 0.717) is 42.0 Å². The average molecular weight is 412 g/mol. The van der Waals surface area contributed by atoms with Crippen LogP contribution in [-0.2, 0) is 6.54 Å². The van der Waals surface area contributed by atoms with Gasteiger partial charge < -0.3 is 24.7 Å². The maximum atomic E-state index is 12.3. The van der Waals surface area contributed by atoms with Crippen LogP contribution in [0.15, 0.2) is 48.5 Å². The Morgan fingerprint density at radius 1 is 1.03 bits per heavy atom. The standard InChI is InChI=1S/C22H22ClN3O3/c1-14-11-16(15(2)26(14)19-6-3-17(23)4-7-19)13-24-22(27)25-18-5-8-20-21(12-18)29-10-9-28-20/h3-8,11-12H,9-10,13H2,1-2H3,(H2,24,25,27). The maximum absolute atomic E-state index is 12.3. The zero-order valence-electron chi connectivity index (χ0n) is 16.3. The molecule has 0 fully saturated rings. The van der Waals surface area contributed by atoms with Gasteiger partial charge in [-0.2, -0.15) is 0 Å². The number of fused-ring (bicyclic) bond motifs is 1. The van der Waals surface area contributed by atoms with Crippen molar-refractivity contribution in [1.82, 2.24) is 9.88 Å². The number of hydrogen-bond acceptors (Lipinski definition) is 3. The lowest BCUT2D eigenvalue weighted by atomic mass is 10.2. The van der Waals surface area contributed by atoms with Crippen molar-refractivity contribution in [1.29, 1.82) is 0 Å². The highest BCUT2D eigenvalue weighted by Gasteiger charge is 2.14. The lowest BCUT2D eigenvalue weighted by Gasteiger charge is -2.19. The fourth-order valence-electron chi connectivity index (χ4n) is 3.47. The summed E-state index contributed by atoms with van der Waals surface area (Å²) in [7, 11) is 0. The van der Waals surface area contributed by atoms with Crippen molar-refractivity contribution in [3.8, 4) is 17.2 Å². The summed E-state index contributed by atoms with van der Waals surface area (Å²) in [6.07, 6.45) is 0. The molecule has 3 aromatic rings. The number of hydrogen-bond donors (Lipinski definition) is 2. The Labute approximate surface area is 174 Å². The summed E-state index contributed by atoms with van der Waals surface area (Å²) < 4.78 is 13.2. The molecule has 29 heavy (non-hydrogen) atoms. The second kappa shape index (κ2) is 8.09. The lowest BCUT2D eigenvalue weighted by molar-refractivity contribution is 0.171. The second-order valence-electron chi connectivity index (χ2n) is 6.87. The summed E-state index contributed by atoms with van der Waals surface area (Å²) >= 11 is 6.00. The SMILES string of the molecule is Cc1cc(CNC(=O)Nc2ccc3c(c2)OCCO3)c(C)n1-c1ccc(Cl)cc1. The molecular weight excluding hydrogens is 390 g/mol. The highest BCUT2D eigenvalue weighted by atomic mass is 35.5. The molecule has 1 aromatic heterocycles. The summed E-state index contributed by atoms with van der Waals surface area (Å²) in [5.41, 5.74) is 4.91. The number of carbonyl (C=O) groups is 1. The molecule has 4 rings (SSSR count). The molecule has 2 heterocycles. The summed E-state index contributed by atoms with van der Waals surface area (Å²) in [5.74, 6) is 1.33. The molecule has 2 amide bonds. The molecule has 0 bridgehead atoms. The van der Waals surface area contributed by atoms with Crippen LogP contribution in [-0.4, -0.2) is 23.8 Å². The quantitative estimate of drug-likeness (QED) is 0.645. The fraction of sp³-hybridized carbons (Fsp3) is 0.227. The molecule has 150 valence electrons. The van der Waals surface area contributed by atoms with Crippen molar-refractivity contribution in [3.05, 3.63) is 70.5 Å². The minimum atomic E-state index is -0.280. The molecule has 0 unspecified atom stereocenters. The monoisotopic (exact) mass is 411 g/mol. The predicted octanol–water partition coefficient (Wildman–Crippen LogP) is 4.84. The number of benzene rings is 2. The number of aromatic nitrogens is 1. The van der Waals surface area contributed by atoms with E-state index >= 15 is 0 Å². The van der Waals surface area contributed by atoms with Crippen LogP contribution in [0.4, 0.5) is 10.5 Å². The van der Waals surface area contributed by atoms with Gasteiger partial charge in [0.15, 0.2) is 11.5 Å². The summed E-state index contributed by atoms with van der Waals surface area (Å²) in [6, 6.07) is 14.8. The first-order valence-electron chi connectivity index (χ1n) is 9.39. The molecule has 0 aliphatic carbocycles. The minimum absolute atomic E-state index is 0.280. The molecule has 0 atom stereocenters. The lowest BCUT2D eigenvalue weighted by Crippen LogP contribution is -2.28. The Kier molecular flexibility index (Phi) is 5.36. The van der Waals surface area contributed by atoms with E-state index in [9.17, 15) is 4.79 Å². The third-order valence-electron chi connectivity index (χ3n) is 4.86. The van der Waals surface area contributed by atoms with Crippen LogP contribution < -0.4 is 20.1 Å². The molecule has 0 radical (unpaired) electrons. The van der Waals surface area contributed by atoms with E-state index in [2.05, 4.69) is 21.3 Å². The van der Waals surface area contributed by atoms with Crippen LogP contribution in [0, 0.1) is 13.8 Å². The topological polar surface area (TPSA) is 64.5 Å². The molecule has 2 N–H and O–H groups in total. The normalized spacial score (nSPS) is 12.5. The zero-order valence-corrected chi connectivity index (χ0v) is 17.0. The summed E-state index contributed by atoms with van der Waals surface area (Å²) in [5, 5.41) is 6.45. The third-order valence-corrected chi connectivity index (χ3v) is 5.11. The number of ether oxygens (including phenoxy) is 2. The van der Waals surface area contributed by atoms with Gasteiger partial charge in [0.1, 0.15) is 13.2 Å². The third kappa shape index (κ3) is 4.17. The highest BCUT2D eigenvalue weighted by molar-refractivity contribution is 6.30. The van der Waals surface area contributed by atoms with Gasteiger partial charge in [-0.25, -0.2) is 4.79 Å². The largest absolute Gasteiger partial charge is 0.486 e. The number of aryl methyl sites for hydroxylation is 1. The Hall–Kier alpha value is -3.12. The van der Waals surface area contributed by atoms with Crippen molar-refractivity contribution in [2.24, 2.45) is 0 Å². The van der Waals surface area contributed by atoms with E-state index in [4.69, 9.17) is 21.1 Å². The molecule has 0 saturated carbocycles. The van der Waals surface area contributed by atoms with E-state index < -0.39 is 0 Å². The van der Waals surface area contributed by atoms with Gasteiger partial charge in [-0.15, -0.1) is 0 Å². The van der Waals surface area contributed by atoms with Crippen molar-refractivity contribution in [2.75, 3.05) is 18.5 Å². The van der Waals surface area contributed by atoms with Crippen LogP contribution in [0.5, 0.6) is 11.5 Å². The van der Waals surface area contributed by atoms with Gasteiger partial charge in [0.25, 0.3) is 0 Å². The number of nitrogens with one attached hydrogen (secondary N) is 2. The number of anilines is 1. The predicted molar refractivity (Wildman–Crippen MR) is 114 cm³/mol. The van der Waals surface area contributed by atoms with Crippen LogP contribution in [0.2, 0.25) is 5.02 Å². The van der Waals surface area contributed by atoms with Gasteiger partial charge in [-0.3, -0.25) is 0 Å². The first-order chi connectivity index (χ1) is 14.0. The van der Waals surface area contributed by atoms with Gasteiger partial charge in [0.2, 0.25) is 0 Å². The molecule has 2 aromatic carbocycles. The smallest absolute Gasteiger partial charge is 0.319 e. The van der Waals surface area contributed by atoms with E-state index in [1.54, 1.807) is 18.2 Å². The van der Waals surface area contributed by atoms with Gasteiger partial charge in [0, 0.05) is 40.4 Å². The molecular formula is C22H22ClN3O3. The average Bonchev–Trinajstić information content (AvgIpc) is 3.00. The van der Waals surface area contributed by atoms with E-state index in [-0.39, 0.29) is 6.03 Å². The number of urea groups is 1. The summed E-state index contributed by atoms with van der Waals surface area (Å²) in [4.78, 5) is 12.3. The second-order valence-corrected chi connectivity index (χ2v) is 7.31. The van der Waals surface area contributed by atoms with Crippen LogP contribution >= 0.6 is 11.6 Å². The number of amides is 2. The first-order valence-corrected chi connectivity index (χ1v) is 9.77. The van der Waals surface area contributed by atoms with Gasteiger partial charge >= 0.3 is 6.03 Å². The Morgan fingerprint density at radius 3 is 2.52 bits per heavy atom. The van der Waals surface area contributed by atoms with E-state index in [1.807, 2.05) is 38.1 Å². The summed E-state index contributed by atoms with van der Waals surface area (Å²) in [6.45, 7) is 5.54. The Balaban J connectivity index is 1.42. The molecule has 0 saturated heterocycles. The van der Waals surface area contributed by atoms with Gasteiger partial charge in [-0.1, -0.05) is 11.6 Å². The minimum Gasteiger partial charge on any atom is -0.486 e. The zero-order chi connectivity index (χ0) is 20.4. The number of nitrogens with zero attached hydrogens (tertiary/aromatic N) is 1. The fourth-order valence-corrected chi connectivity index (χ4v) is 3.59. The molecule has 6 nitrogen and oxygen atoms in total. The Morgan fingerprint density at radius 2 is 1.76 bits per heavy atom. The van der Waals surface area contributed by atoms with Crippen molar-refractivity contribution < 1.29 is 14.3 Å². The molecule has 1 aliphatic heterocycles. The maximum Gasteiger partial charge on any atom is 0.319 e. The van der Waals surface area contributed by atoms with Crippen molar-refractivity contribution in [2.45, 2.75) is 20.4 Å². The first kappa shape index (κ1) is 19.2. The number of rotatable bonds is 4. The van der Waals surface area contributed by atoms with Crippen LogP contribution in [0.3, 0.4) is 0 Å². The van der Waals surface area contributed by atoms with Crippen molar-refractivity contribution >= 4 is 23.3 Å². The van der Waals surface area contributed by atoms with Crippen LogP contribution in [0.1, 0.15) is 17.0 Å². The Bertz CT molecular complexity index is 1040. The van der Waals surface area contributed by atoms with Gasteiger partial charge in [-0.05, 0) is 61.9 Å². The molecule has 0 spiro atoms. The molecule has 7 heteroatoms. The van der Waals surface area contributed by atoms with Crippen molar-refractivity contribution in [3.63, 3.8) is 0 Å². The van der Waals surface area contributed by atoms with E-state index in [0.717, 1.165) is 22.6 Å². The van der Waals surface area contributed by atoms with E-state index in [1.165, 1.54) is 0 Å². The number of carbonyl (C=O) groups excluding carboxylic acids is 1.